The molecule has 1 amide bonds. The van der Waals surface area contributed by atoms with E-state index in [4.69, 9.17) is 4.74 Å². The SMILES string of the molecule is Cc1c(CN2CCNCC2)c(C)c(OS(=O)(=O)F)c(C)c1NC(=O)OC(C)(C)C. The Morgan fingerprint density at radius 1 is 1.14 bits per heavy atom. The van der Waals surface area contributed by atoms with Gasteiger partial charge in [-0.3, -0.25) is 10.2 Å². The van der Waals surface area contributed by atoms with E-state index in [2.05, 4.69) is 19.7 Å². The van der Waals surface area contributed by atoms with Crippen LogP contribution in [0.4, 0.5) is 14.4 Å². The molecular formula is C19H30FN3O5S. The highest BCUT2D eigenvalue weighted by molar-refractivity contribution is 7.81. The zero-order valence-electron chi connectivity index (χ0n) is 17.8. The number of nitrogens with zero attached hydrogens (tertiary/aromatic N) is 1. The molecule has 1 aliphatic rings. The van der Waals surface area contributed by atoms with Gasteiger partial charge in [-0.2, -0.15) is 8.42 Å². The van der Waals surface area contributed by atoms with Crippen molar-refractivity contribution in [1.82, 2.24) is 10.2 Å². The van der Waals surface area contributed by atoms with Gasteiger partial charge in [0.25, 0.3) is 0 Å². The molecular weight excluding hydrogens is 401 g/mol. The Bertz CT molecular complexity index is 875. The summed E-state index contributed by atoms with van der Waals surface area (Å²) in [5.74, 6) is -0.116. The van der Waals surface area contributed by atoms with Crippen LogP contribution in [0.2, 0.25) is 0 Å². The van der Waals surface area contributed by atoms with Crippen LogP contribution < -0.4 is 14.8 Å². The maximum Gasteiger partial charge on any atom is 0.488 e. The lowest BCUT2D eigenvalue weighted by molar-refractivity contribution is 0.0635. The number of benzene rings is 1. The first kappa shape index (κ1) is 23.4. The minimum Gasteiger partial charge on any atom is -0.444 e. The Morgan fingerprint density at radius 3 is 2.24 bits per heavy atom. The molecule has 0 aromatic heterocycles. The summed E-state index contributed by atoms with van der Waals surface area (Å²) in [7, 11) is -5.23. The van der Waals surface area contributed by atoms with E-state index in [0.717, 1.165) is 37.3 Å². The summed E-state index contributed by atoms with van der Waals surface area (Å²) < 4.78 is 45.7. The van der Waals surface area contributed by atoms with Gasteiger partial charge in [-0.25, -0.2) is 4.79 Å². The molecule has 2 N–H and O–H groups in total. The molecule has 1 aliphatic heterocycles. The second-order valence-electron chi connectivity index (χ2n) is 8.19. The van der Waals surface area contributed by atoms with Crippen molar-refractivity contribution in [3.8, 4) is 5.75 Å². The third-order valence-electron chi connectivity index (χ3n) is 4.74. The Balaban J connectivity index is 2.50. The first-order valence-corrected chi connectivity index (χ1v) is 10.8. The van der Waals surface area contributed by atoms with Crippen LogP contribution >= 0.6 is 0 Å². The van der Waals surface area contributed by atoms with Gasteiger partial charge in [0, 0.05) is 38.3 Å². The van der Waals surface area contributed by atoms with Crippen molar-refractivity contribution in [1.29, 1.82) is 0 Å². The van der Waals surface area contributed by atoms with Gasteiger partial charge in [-0.05, 0) is 58.2 Å². The molecule has 0 bridgehead atoms. The highest BCUT2D eigenvalue weighted by Crippen LogP contribution is 2.38. The topological polar surface area (TPSA) is 97.0 Å². The molecule has 0 spiro atoms. The van der Waals surface area contributed by atoms with E-state index in [-0.39, 0.29) is 5.75 Å². The summed E-state index contributed by atoms with van der Waals surface area (Å²) in [5, 5.41) is 5.95. The van der Waals surface area contributed by atoms with Crippen LogP contribution in [0.15, 0.2) is 0 Å². The van der Waals surface area contributed by atoms with Crippen molar-refractivity contribution in [2.75, 3.05) is 31.5 Å². The minimum absolute atomic E-state index is 0.116. The number of hydrogen-bond donors (Lipinski definition) is 2. The average molecular weight is 432 g/mol. The van der Waals surface area contributed by atoms with E-state index in [1.54, 1.807) is 34.6 Å². The molecule has 10 heteroatoms. The second-order valence-corrected chi connectivity index (χ2v) is 9.14. The van der Waals surface area contributed by atoms with Crippen molar-refractivity contribution in [3.05, 3.63) is 22.3 Å². The van der Waals surface area contributed by atoms with Gasteiger partial charge in [-0.15, -0.1) is 0 Å². The highest BCUT2D eigenvalue weighted by atomic mass is 32.3. The van der Waals surface area contributed by atoms with E-state index in [9.17, 15) is 17.1 Å². The van der Waals surface area contributed by atoms with E-state index >= 15 is 0 Å². The summed E-state index contributed by atoms with van der Waals surface area (Å²) in [5.41, 5.74) is 2.02. The maximum atomic E-state index is 13.4. The van der Waals surface area contributed by atoms with Crippen molar-refractivity contribution in [3.63, 3.8) is 0 Å². The molecule has 1 heterocycles. The second kappa shape index (κ2) is 8.85. The van der Waals surface area contributed by atoms with Gasteiger partial charge in [0.1, 0.15) is 5.60 Å². The van der Waals surface area contributed by atoms with Crippen molar-refractivity contribution < 1.29 is 26.0 Å². The molecule has 164 valence electrons. The summed E-state index contributed by atoms with van der Waals surface area (Å²) in [4.78, 5) is 14.5. The predicted octanol–water partition coefficient (Wildman–Crippen LogP) is 2.96. The van der Waals surface area contributed by atoms with E-state index in [1.165, 1.54) is 0 Å². The molecule has 2 rings (SSSR count). The average Bonchev–Trinajstić information content (AvgIpc) is 2.58. The number of anilines is 1. The third kappa shape index (κ3) is 6.55. The van der Waals surface area contributed by atoms with Crippen LogP contribution in [0.3, 0.4) is 0 Å². The van der Waals surface area contributed by atoms with Crippen LogP contribution in [0.1, 0.15) is 43.0 Å². The molecule has 0 saturated carbocycles. The fourth-order valence-electron chi connectivity index (χ4n) is 3.39. The number of rotatable bonds is 5. The molecule has 1 aromatic rings. The molecule has 0 radical (unpaired) electrons. The number of carbonyl (C=O) groups excluding carboxylic acids is 1. The highest BCUT2D eigenvalue weighted by Gasteiger charge is 2.26. The third-order valence-corrected chi connectivity index (χ3v) is 5.10. The zero-order chi connectivity index (χ0) is 22.0. The summed E-state index contributed by atoms with van der Waals surface area (Å²) in [6.07, 6.45) is -0.685. The fraction of sp³-hybridized carbons (Fsp3) is 0.632. The Labute approximate surface area is 172 Å². The molecule has 1 fully saturated rings. The Kier molecular flexibility index (Phi) is 7.13. The number of amides is 1. The van der Waals surface area contributed by atoms with Gasteiger partial charge >= 0.3 is 16.6 Å². The van der Waals surface area contributed by atoms with Crippen molar-refractivity contribution in [2.24, 2.45) is 0 Å². The van der Waals surface area contributed by atoms with Gasteiger partial charge in [0.15, 0.2) is 5.75 Å². The summed E-state index contributed by atoms with van der Waals surface area (Å²) in [6.45, 7) is 14.1. The molecule has 0 aliphatic carbocycles. The van der Waals surface area contributed by atoms with Gasteiger partial charge in [0.2, 0.25) is 0 Å². The summed E-state index contributed by atoms with van der Waals surface area (Å²) in [6, 6.07) is 0. The molecule has 29 heavy (non-hydrogen) atoms. The van der Waals surface area contributed by atoms with E-state index in [1.807, 2.05) is 6.92 Å². The van der Waals surface area contributed by atoms with Crippen molar-refractivity contribution in [2.45, 2.75) is 53.7 Å². The van der Waals surface area contributed by atoms with E-state index in [0.29, 0.717) is 23.4 Å². The van der Waals surface area contributed by atoms with Crippen LogP contribution in [-0.4, -0.2) is 51.2 Å². The van der Waals surface area contributed by atoms with Crippen LogP contribution in [0.25, 0.3) is 0 Å². The normalized spacial score (nSPS) is 15.8. The molecule has 1 aromatic carbocycles. The summed E-state index contributed by atoms with van der Waals surface area (Å²) >= 11 is 0. The lowest BCUT2D eigenvalue weighted by atomic mass is 9.95. The molecule has 0 atom stereocenters. The first-order chi connectivity index (χ1) is 13.3. The molecule has 1 saturated heterocycles. The lowest BCUT2D eigenvalue weighted by Crippen LogP contribution is -2.43. The zero-order valence-corrected chi connectivity index (χ0v) is 18.6. The van der Waals surface area contributed by atoms with Gasteiger partial charge < -0.3 is 14.2 Å². The number of hydrogen-bond acceptors (Lipinski definition) is 7. The van der Waals surface area contributed by atoms with E-state index < -0.39 is 22.2 Å². The fourth-order valence-corrected chi connectivity index (χ4v) is 3.84. The Hall–Kier alpha value is -1.91. The van der Waals surface area contributed by atoms with Gasteiger partial charge in [-0.1, -0.05) is 3.89 Å². The number of piperazine rings is 1. The van der Waals surface area contributed by atoms with Crippen LogP contribution in [0, 0.1) is 20.8 Å². The maximum absolute atomic E-state index is 13.4. The largest absolute Gasteiger partial charge is 0.488 e. The monoisotopic (exact) mass is 431 g/mol. The minimum atomic E-state index is -5.23. The standard InChI is InChI=1S/C19H30FN3O5S/c1-12-15(11-23-9-7-21-8-10-23)13(2)17(28-29(20,25)26)14(3)16(12)22-18(24)27-19(4,5)6/h21H,7-11H2,1-6H3,(H,22,24). The predicted molar refractivity (Wildman–Crippen MR) is 109 cm³/mol. The lowest BCUT2D eigenvalue weighted by Gasteiger charge is -2.30. The molecule has 0 unspecified atom stereocenters. The number of halogens is 1. The number of nitrogens with one attached hydrogen (secondary N) is 2. The smallest absolute Gasteiger partial charge is 0.444 e. The van der Waals surface area contributed by atoms with Crippen LogP contribution in [-0.2, 0) is 21.8 Å². The first-order valence-electron chi connectivity index (χ1n) is 9.48. The number of ether oxygens (including phenoxy) is 1. The van der Waals surface area contributed by atoms with Crippen LogP contribution in [0.5, 0.6) is 5.75 Å². The van der Waals surface area contributed by atoms with Crippen molar-refractivity contribution >= 4 is 22.3 Å². The Morgan fingerprint density at radius 2 is 1.72 bits per heavy atom. The van der Waals surface area contributed by atoms with Gasteiger partial charge in [0.05, 0.1) is 5.69 Å². The number of carbonyl (C=O) groups is 1. The molecule has 8 nitrogen and oxygen atoms in total. The quantitative estimate of drug-likeness (QED) is 0.692.